The topological polar surface area (TPSA) is 128 Å². The summed E-state index contributed by atoms with van der Waals surface area (Å²) in [7, 11) is 1.47. The number of hydrogen-bond acceptors (Lipinski definition) is 6. The van der Waals surface area contributed by atoms with Crippen molar-refractivity contribution < 1.29 is 9.84 Å². The third-order valence-corrected chi connectivity index (χ3v) is 3.94. The van der Waals surface area contributed by atoms with Gasteiger partial charge in [0.1, 0.15) is 18.5 Å². The van der Waals surface area contributed by atoms with E-state index in [-0.39, 0.29) is 30.3 Å². The van der Waals surface area contributed by atoms with Gasteiger partial charge in [-0.05, 0) is 24.3 Å². The fourth-order valence-electron chi connectivity index (χ4n) is 2.42. The molecule has 10 heteroatoms. The molecule has 132 valence electrons. The molecule has 1 atom stereocenters. The first-order valence-electron chi connectivity index (χ1n) is 7.38. The van der Waals surface area contributed by atoms with Crippen molar-refractivity contribution in [2.24, 2.45) is 7.05 Å². The second kappa shape index (κ2) is 6.61. The zero-order chi connectivity index (χ0) is 18.1. The zero-order valence-electron chi connectivity index (χ0n) is 13.3. The van der Waals surface area contributed by atoms with Crippen molar-refractivity contribution in [1.29, 1.82) is 0 Å². The van der Waals surface area contributed by atoms with E-state index in [1.54, 1.807) is 24.3 Å². The van der Waals surface area contributed by atoms with Crippen molar-refractivity contribution >= 4 is 28.7 Å². The van der Waals surface area contributed by atoms with Crippen LogP contribution in [-0.2, 0) is 13.6 Å². The molecule has 3 rings (SSSR count). The number of aliphatic hydroxyl groups excluding tert-OH is 1. The highest BCUT2D eigenvalue weighted by molar-refractivity contribution is 6.30. The van der Waals surface area contributed by atoms with E-state index in [1.165, 1.54) is 16.2 Å². The molecule has 0 aliphatic heterocycles. The number of hydrogen-bond donors (Lipinski definition) is 3. The summed E-state index contributed by atoms with van der Waals surface area (Å²) >= 11 is 5.79. The maximum Gasteiger partial charge on any atom is 0.329 e. The van der Waals surface area contributed by atoms with Crippen LogP contribution in [-0.4, -0.2) is 36.9 Å². The summed E-state index contributed by atoms with van der Waals surface area (Å²) in [6.07, 6.45) is -0.952. The summed E-state index contributed by atoms with van der Waals surface area (Å²) < 4.78 is 8.00. The number of nitrogens with two attached hydrogens (primary N) is 1. The van der Waals surface area contributed by atoms with Crippen LogP contribution in [0.3, 0.4) is 0 Å². The van der Waals surface area contributed by atoms with E-state index >= 15 is 0 Å². The lowest BCUT2D eigenvalue weighted by Gasteiger charge is -2.14. The molecule has 0 bridgehead atoms. The summed E-state index contributed by atoms with van der Waals surface area (Å²) in [6.45, 7) is -0.0401. The minimum absolute atomic E-state index is 0.0167. The molecule has 4 N–H and O–H groups in total. The summed E-state index contributed by atoms with van der Waals surface area (Å²) in [6, 6.07) is 6.70. The zero-order valence-corrected chi connectivity index (χ0v) is 14.0. The van der Waals surface area contributed by atoms with Crippen LogP contribution in [0.25, 0.3) is 11.2 Å². The van der Waals surface area contributed by atoms with Gasteiger partial charge in [-0.3, -0.25) is 14.3 Å². The molecule has 2 aromatic heterocycles. The molecule has 0 amide bonds. The molecule has 0 aliphatic rings. The van der Waals surface area contributed by atoms with Crippen molar-refractivity contribution in [2.45, 2.75) is 12.6 Å². The third kappa shape index (κ3) is 3.37. The number of imidazole rings is 1. The van der Waals surface area contributed by atoms with Gasteiger partial charge in [0.15, 0.2) is 11.2 Å². The van der Waals surface area contributed by atoms with Crippen LogP contribution in [0, 0.1) is 0 Å². The highest BCUT2D eigenvalue weighted by atomic mass is 35.5. The van der Waals surface area contributed by atoms with Gasteiger partial charge in [0.2, 0.25) is 5.95 Å². The number of ether oxygens (including phenoxy) is 1. The number of rotatable bonds is 5. The molecule has 0 saturated carbocycles. The van der Waals surface area contributed by atoms with Gasteiger partial charge < -0.3 is 20.1 Å². The lowest BCUT2D eigenvalue weighted by atomic mass is 10.3. The van der Waals surface area contributed by atoms with E-state index in [4.69, 9.17) is 22.1 Å². The number of aryl methyl sites for hydroxylation is 1. The number of aliphatic hydroxyl groups is 1. The number of nitrogens with zero attached hydrogens (tertiary/aromatic N) is 3. The Labute approximate surface area is 146 Å². The average Bonchev–Trinajstić information content (AvgIpc) is 2.89. The maximum atomic E-state index is 12.1. The van der Waals surface area contributed by atoms with Crippen LogP contribution < -0.4 is 21.7 Å². The fraction of sp³-hybridized carbons (Fsp3) is 0.267. The smallest absolute Gasteiger partial charge is 0.329 e. The number of anilines is 1. The van der Waals surface area contributed by atoms with Gasteiger partial charge in [-0.1, -0.05) is 11.6 Å². The molecule has 0 saturated heterocycles. The number of aromatic amines is 1. The minimum atomic E-state index is -0.952. The molecule has 0 spiro atoms. The van der Waals surface area contributed by atoms with Gasteiger partial charge >= 0.3 is 5.69 Å². The average molecular weight is 366 g/mol. The molecule has 1 unspecified atom stereocenters. The molecule has 0 fully saturated rings. The van der Waals surface area contributed by atoms with E-state index < -0.39 is 17.4 Å². The summed E-state index contributed by atoms with van der Waals surface area (Å²) in [5.41, 5.74) is 4.89. The van der Waals surface area contributed by atoms with Gasteiger partial charge in [-0.25, -0.2) is 4.79 Å². The molecule has 3 aromatic rings. The number of benzene rings is 1. The summed E-state index contributed by atoms with van der Waals surface area (Å²) in [4.78, 5) is 29.9. The molecule has 2 heterocycles. The largest absolute Gasteiger partial charge is 0.491 e. The Hall–Kier alpha value is -2.78. The molecular weight excluding hydrogens is 350 g/mol. The van der Waals surface area contributed by atoms with Gasteiger partial charge in [-0.15, -0.1) is 0 Å². The van der Waals surface area contributed by atoms with Gasteiger partial charge in [0, 0.05) is 12.1 Å². The van der Waals surface area contributed by atoms with Crippen LogP contribution in [0.15, 0.2) is 33.9 Å². The van der Waals surface area contributed by atoms with Crippen molar-refractivity contribution in [3.63, 3.8) is 0 Å². The summed E-state index contributed by atoms with van der Waals surface area (Å²) in [5.74, 6) is 0.569. The van der Waals surface area contributed by atoms with Crippen LogP contribution in [0.4, 0.5) is 5.95 Å². The molecule has 25 heavy (non-hydrogen) atoms. The molecular formula is C15H16ClN5O4. The fourth-order valence-corrected chi connectivity index (χ4v) is 2.55. The third-order valence-electron chi connectivity index (χ3n) is 3.69. The number of H-pyrrole nitrogens is 1. The molecule has 0 aliphatic carbocycles. The Morgan fingerprint density at radius 1 is 1.36 bits per heavy atom. The standard InChI is InChI=1S/C15H16ClN5O4/c1-20-12-11(13(23)19-15(20)24)21(14(17)18-12)6-9(22)7-25-10-4-2-8(16)3-5-10/h2-5,9,22H,6-7H2,1H3,(H2,17,18)(H,19,23,24). The lowest BCUT2D eigenvalue weighted by Crippen LogP contribution is -2.30. The van der Waals surface area contributed by atoms with Gasteiger partial charge in [0.05, 0.1) is 6.54 Å². The number of halogens is 1. The first kappa shape index (κ1) is 17.1. The highest BCUT2D eigenvalue weighted by Gasteiger charge is 2.18. The first-order chi connectivity index (χ1) is 11.9. The second-order valence-electron chi connectivity index (χ2n) is 5.49. The SMILES string of the molecule is Cn1c(=O)[nH]c(=O)c2c1nc(N)n2CC(O)COc1ccc(Cl)cc1. The van der Waals surface area contributed by atoms with Crippen molar-refractivity contribution in [1.82, 2.24) is 19.1 Å². The monoisotopic (exact) mass is 365 g/mol. The van der Waals surface area contributed by atoms with E-state index in [1.807, 2.05) is 0 Å². The van der Waals surface area contributed by atoms with Crippen LogP contribution in [0.1, 0.15) is 0 Å². The van der Waals surface area contributed by atoms with E-state index in [9.17, 15) is 14.7 Å². The predicted molar refractivity (Wildman–Crippen MR) is 93.0 cm³/mol. The number of aromatic nitrogens is 4. The number of nitrogens with one attached hydrogen (secondary N) is 1. The predicted octanol–water partition coefficient (Wildman–Crippen LogP) is 0.0988. The van der Waals surface area contributed by atoms with Crippen LogP contribution >= 0.6 is 11.6 Å². The van der Waals surface area contributed by atoms with E-state index in [0.717, 1.165) is 0 Å². The Bertz CT molecular complexity index is 1020. The van der Waals surface area contributed by atoms with Crippen LogP contribution in [0.2, 0.25) is 5.02 Å². The summed E-state index contributed by atoms with van der Waals surface area (Å²) in [5, 5.41) is 10.8. The normalized spacial score (nSPS) is 12.4. The van der Waals surface area contributed by atoms with Gasteiger partial charge in [0.25, 0.3) is 5.56 Å². The second-order valence-corrected chi connectivity index (χ2v) is 5.93. The maximum absolute atomic E-state index is 12.1. The molecule has 0 radical (unpaired) electrons. The van der Waals surface area contributed by atoms with Crippen molar-refractivity contribution in [2.75, 3.05) is 12.3 Å². The minimum Gasteiger partial charge on any atom is -0.491 e. The Kier molecular flexibility index (Phi) is 4.51. The quantitative estimate of drug-likeness (QED) is 0.588. The van der Waals surface area contributed by atoms with E-state index in [2.05, 4.69) is 9.97 Å². The van der Waals surface area contributed by atoms with Gasteiger partial charge in [-0.2, -0.15) is 4.98 Å². The lowest BCUT2D eigenvalue weighted by molar-refractivity contribution is 0.0939. The molecule has 1 aromatic carbocycles. The Morgan fingerprint density at radius 3 is 2.72 bits per heavy atom. The van der Waals surface area contributed by atoms with Crippen LogP contribution in [0.5, 0.6) is 5.75 Å². The Balaban J connectivity index is 1.81. The highest BCUT2D eigenvalue weighted by Crippen LogP contribution is 2.17. The Morgan fingerprint density at radius 2 is 2.04 bits per heavy atom. The molecule has 9 nitrogen and oxygen atoms in total. The number of fused-ring (bicyclic) bond motifs is 1. The number of nitrogen functional groups attached to an aromatic ring is 1. The van der Waals surface area contributed by atoms with E-state index in [0.29, 0.717) is 10.8 Å². The van der Waals surface area contributed by atoms with Crippen molar-refractivity contribution in [3.05, 3.63) is 50.1 Å². The van der Waals surface area contributed by atoms with Crippen molar-refractivity contribution in [3.8, 4) is 5.75 Å². The first-order valence-corrected chi connectivity index (χ1v) is 7.76.